The van der Waals surface area contributed by atoms with Gasteiger partial charge in [0, 0.05) is 18.3 Å². The number of rotatable bonds is 7. The summed E-state index contributed by atoms with van der Waals surface area (Å²) in [5.74, 6) is 0.617. The molecule has 0 radical (unpaired) electrons. The molecule has 0 atom stereocenters. The topological polar surface area (TPSA) is 61.8 Å². The van der Waals surface area contributed by atoms with Crippen molar-refractivity contribution in [2.45, 2.75) is 32.2 Å². The van der Waals surface area contributed by atoms with Crippen molar-refractivity contribution in [1.29, 1.82) is 0 Å². The number of carbonyl (C=O) groups is 1. The minimum Gasteiger partial charge on any atom is -0.492 e. The average molecular weight is 313 g/mol. The summed E-state index contributed by atoms with van der Waals surface area (Å²) < 4.78 is 5.49. The Kier molecular flexibility index (Phi) is 5.70. The summed E-state index contributed by atoms with van der Waals surface area (Å²) >= 11 is 6.13. The lowest BCUT2D eigenvalue weighted by Crippen LogP contribution is -2.38. The van der Waals surface area contributed by atoms with Gasteiger partial charge in [0.2, 0.25) is 0 Å². The summed E-state index contributed by atoms with van der Waals surface area (Å²) in [5, 5.41) is 12.3. The number of hydrogen-bond donors (Lipinski definition) is 2. The van der Waals surface area contributed by atoms with E-state index in [9.17, 15) is 4.79 Å². The first-order valence-corrected chi connectivity index (χ1v) is 7.64. The van der Waals surface area contributed by atoms with Crippen LogP contribution in [0.15, 0.2) is 18.2 Å². The van der Waals surface area contributed by atoms with Gasteiger partial charge in [0.1, 0.15) is 5.75 Å². The number of ether oxygens (including phenoxy) is 1. The first kappa shape index (κ1) is 15.9. The zero-order valence-electron chi connectivity index (χ0n) is 12.1. The van der Waals surface area contributed by atoms with Crippen LogP contribution in [0.4, 0.5) is 10.5 Å². The third-order valence-corrected chi connectivity index (χ3v) is 3.53. The molecule has 0 heterocycles. The number of nitrogens with zero attached hydrogens (tertiary/aromatic N) is 1. The third-order valence-electron chi connectivity index (χ3n) is 3.23. The standard InChI is InChI=1S/C15H21ClN2O3/c1-2-9-21-14-6-3-11(10-13(14)16)17-15(20)18(7-8-19)12-4-5-12/h3,6,10,12,19H,2,4-5,7-9H2,1H3,(H,17,20). The lowest BCUT2D eigenvalue weighted by molar-refractivity contribution is 0.185. The molecule has 1 aliphatic rings. The Hall–Kier alpha value is -1.46. The van der Waals surface area contributed by atoms with E-state index in [1.165, 1.54) is 0 Å². The number of nitrogens with one attached hydrogen (secondary N) is 1. The van der Waals surface area contributed by atoms with Crippen LogP contribution in [0.3, 0.4) is 0 Å². The molecule has 1 saturated carbocycles. The van der Waals surface area contributed by atoms with Crippen molar-refractivity contribution in [2.24, 2.45) is 0 Å². The number of aliphatic hydroxyl groups is 1. The first-order chi connectivity index (χ1) is 10.2. The number of carbonyl (C=O) groups excluding carboxylic acids is 1. The van der Waals surface area contributed by atoms with E-state index in [-0.39, 0.29) is 18.7 Å². The van der Waals surface area contributed by atoms with Gasteiger partial charge in [0.15, 0.2) is 0 Å². The van der Waals surface area contributed by atoms with Gasteiger partial charge < -0.3 is 20.1 Å². The molecule has 0 unspecified atom stereocenters. The largest absolute Gasteiger partial charge is 0.492 e. The summed E-state index contributed by atoms with van der Waals surface area (Å²) in [6, 6.07) is 5.23. The van der Waals surface area contributed by atoms with E-state index in [0.717, 1.165) is 19.3 Å². The van der Waals surface area contributed by atoms with E-state index in [1.807, 2.05) is 6.92 Å². The summed E-state index contributed by atoms with van der Waals surface area (Å²) in [6.45, 7) is 2.95. The van der Waals surface area contributed by atoms with E-state index in [0.29, 0.717) is 29.6 Å². The zero-order valence-corrected chi connectivity index (χ0v) is 12.9. The van der Waals surface area contributed by atoms with Gasteiger partial charge in [-0.15, -0.1) is 0 Å². The van der Waals surface area contributed by atoms with Gasteiger partial charge in [-0.1, -0.05) is 18.5 Å². The van der Waals surface area contributed by atoms with Crippen LogP contribution >= 0.6 is 11.6 Å². The maximum atomic E-state index is 12.2. The molecule has 0 bridgehead atoms. The number of benzene rings is 1. The van der Waals surface area contributed by atoms with Crippen LogP contribution in [-0.2, 0) is 0 Å². The van der Waals surface area contributed by atoms with E-state index in [1.54, 1.807) is 23.1 Å². The van der Waals surface area contributed by atoms with Crippen LogP contribution in [0.1, 0.15) is 26.2 Å². The SMILES string of the molecule is CCCOc1ccc(NC(=O)N(CCO)C2CC2)cc1Cl. The first-order valence-electron chi connectivity index (χ1n) is 7.26. The monoisotopic (exact) mass is 312 g/mol. The van der Waals surface area contributed by atoms with Crippen molar-refractivity contribution >= 4 is 23.3 Å². The molecule has 0 saturated heterocycles. The minimum atomic E-state index is -0.204. The second kappa shape index (κ2) is 7.52. The molecule has 0 aromatic heterocycles. The molecule has 116 valence electrons. The molecule has 1 aliphatic carbocycles. The number of amides is 2. The lowest BCUT2D eigenvalue weighted by atomic mass is 10.3. The van der Waals surface area contributed by atoms with Crippen molar-refractivity contribution in [2.75, 3.05) is 25.1 Å². The lowest BCUT2D eigenvalue weighted by Gasteiger charge is -2.22. The highest BCUT2D eigenvalue weighted by Gasteiger charge is 2.32. The van der Waals surface area contributed by atoms with Crippen LogP contribution in [0, 0.1) is 0 Å². The third kappa shape index (κ3) is 4.51. The molecule has 1 aromatic carbocycles. The number of aliphatic hydroxyl groups excluding tert-OH is 1. The van der Waals surface area contributed by atoms with Crippen LogP contribution in [0.25, 0.3) is 0 Å². The summed E-state index contributed by atoms with van der Waals surface area (Å²) in [5.41, 5.74) is 0.623. The molecule has 2 N–H and O–H groups in total. The number of hydrogen-bond acceptors (Lipinski definition) is 3. The fraction of sp³-hybridized carbons (Fsp3) is 0.533. The van der Waals surface area contributed by atoms with Gasteiger partial charge in [0.25, 0.3) is 0 Å². The summed E-state index contributed by atoms with van der Waals surface area (Å²) in [7, 11) is 0. The van der Waals surface area contributed by atoms with Gasteiger partial charge in [-0.05, 0) is 37.5 Å². The smallest absolute Gasteiger partial charge is 0.322 e. The van der Waals surface area contributed by atoms with Crippen LogP contribution in [-0.4, -0.2) is 41.8 Å². The molecule has 1 fully saturated rings. The van der Waals surface area contributed by atoms with Gasteiger partial charge in [-0.3, -0.25) is 0 Å². The molecular weight excluding hydrogens is 292 g/mol. The van der Waals surface area contributed by atoms with Crippen LogP contribution in [0.2, 0.25) is 5.02 Å². The Labute approximate surface area is 129 Å². The maximum Gasteiger partial charge on any atom is 0.322 e. The molecule has 6 heteroatoms. The summed E-state index contributed by atoms with van der Waals surface area (Å²) in [6.07, 6.45) is 2.91. The van der Waals surface area contributed by atoms with Crippen LogP contribution < -0.4 is 10.1 Å². The molecule has 0 spiro atoms. The zero-order chi connectivity index (χ0) is 15.2. The van der Waals surface area contributed by atoms with Crippen molar-refractivity contribution in [3.05, 3.63) is 23.2 Å². The summed E-state index contributed by atoms with van der Waals surface area (Å²) in [4.78, 5) is 13.8. The molecule has 5 nitrogen and oxygen atoms in total. The second-order valence-corrected chi connectivity index (χ2v) is 5.48. The Morgan fingerprint density at radius 3 is 2.86 bits per heavy atom. The van der Waals surface area contributed by atoms with Gasteiger partial charge in [-0.25, -0.2) is 4.79 Å². The Morgan fingerprint density at radius 1 is 1.52 bits per heavy atom. The highest BCUT2D eigenvalue weighted by molar-refractivity contribution is 6.32. The molecule has 2 rings (SSSR count). The van der Waals surface area contributed by atoms with E-state index in [2.05, 4.69) is 5.32 Å². The molecule has 21 heavy (non-hydrogen) atoms. The normalized spacial score (nSPS) is 13.9. The molecular formula is C15H21ClN2O3. The number of halogens is 1. The van der Waals surface area contributed by atoms with Crippen molar-refractivity contribution in [3.8, 4) is 5.75 Å². The number of urea groups is 1. The van der Waals surface area contributed by atoms with Gasteiger partial charge in [-0.2, -0.15) is 0 Å². The van der Waals surface area contributed by atoms with Crippen molar-refractivity contribution in [1.82, 2.24) is 4.90 Å². The Morgan fingerprint density at radius 2 is 2.29 bits per heavy atom. The van der Waals surface area contributed by atoms with Gasteiger partial charge in [0.05, 0.1) is 18.2 Å². The Bertz CT molecular complexity index is 492. The van der Waals surface area contributed by atoms with Crippen LogP contribution in [0.5, 0.6) is 5.75 Å². The second-order valence-electron chi connectivity index (χ2n) is 5.07. The fourth-order valence-electron chi connectivity index (χ4n) is 2.05. The molecule has 1 aromatic rings. The van der Waals surface area contributed by atoms with E-state index < -0.39 is 0 Å². The highest BCUT2D eigenvalue weighted by atomic mass is 35.5. The van der Waals surface area contributed by atoms with Crippen molar-refractivity contribution in [3.63, 3.8) is 0 Å². The molecule has 2 amide bonds. The predicted molar refractivity (Wildman–Crippen MR) is 83.1 cm³/mol. The average Bonchev–Trinajstić information content (AvgIpc) is 3.28. The highest BCUT2D eigenvalue weighted by Crippen LogP contribution is 2.30. The van der Waals surface area contributed by atoms with E-state index in [4.69, 9.17) is 21.4 Å². The maximum absolute atomic E-state index is 12.2. The minimum absolute atomic E-state index is 0.0333. The number of anilines is 1. The quantitative estimate of drug-likeness (QED) is 0.813. The van der Waals surface area contributed by atoms with Gasteiger partial charge >= 0.3 is 6.03 Å². The Balaban J connectivity index is 1.98. The molecule has 0 aliphatic heterocycles. The van der Waals surface area contributed by atoms with E-state index >= 15 is 0 Å². The fourth-order valence-corrected chi connectivity index (χ4v) is 2.28. The predicted octanol–water partition coefficient (Wildman–Crippen LogP) is 3.12. The van der Waals surface area contributed by atoms with Crippen molar-refractivity contribution < 1.29 is 14.6 Å².